The van der Waals surface area contributed by atoms with Crippen molar-refractivity contribution in [1.82, 2.24) is 9.29 Å². The zero-order valence-corrected chi connectivity index (χ0v) is 20.2. The van der Waals surface area contributed by atoms with E-state index in [1.165, 1.54) is 10.4 Å². The molecule has 0 aliphatic carbocycles. The van der Waals surface area contributed by atoms with E-state index in [0.29, 0.717) is 24.3 Å². The maximum atomic E-state index is 13.5. The van der Waals surface area contributed by atoms with Crippen LogP contribution in [0.1, 0.15) is 42.6 Å². The van der Waals surface area contributed by atoms with Crippen molar-refractivity contribution >= 4 is 38.2 Å². The Bertz CT molecular complexity index is 1280. The van der Waals surface area contributed by atoms with Crippen LogP contribution >= 0.6 is 0 Å². The van der Waals surface area contributed by atoms with Crippen LogP contribution < -0.4 is 10.2 Å². The summed E-state index contributed by atoms with van der Waals surface area (Å²) in [5.41, 5.74) is 3.63. The van der Waals surface area contributed by atoms with Gasteiger partial charge in [-0.15, -0.1) is 0 Å². The van der Waals surface area contributed by atoms with Gasteiger partial charge in [0.1, 0.15) is 0 Å². The van der Waals surface area contributed by atoms with Crippen LogP contribution in [0.3, 0.4) is 0 Å². The summed E-state index contributed by atoms with van der Waals surface area (Å²) in [7, 11) is -3.69. The number of nitrogens with one attached hydrogen (secondary N) is 1. The third-order valence-electron chi connectivity index (χ3n) is 6.22. The lowest BCUT2D eigenvalue weighted by Gasteiger charge is -2.23. The molecule has 1 aromatic heterocycles. The van der Waals surface area contributed by atoms with E-state index in [4.69, 9.17) is 0 Å². The van der Waals surface area contributed by atoms with Gasteiger partial charge in [-0.1, -0.05) is 19.9 Å². The van der Waals surface area contributed by atoms with Crippen LogP contribution in [0.15, 0.2) is 53.6 Å². The summed E-state index contributed by atoms with van der Waals surface area (Å²) < 4.78 is 27.7. The Labute approximate surface area is 195 Å². The molecule has 7 nitrogen and oxygen atoms in total. The molecule has 3 aromatic rings. The average molecular weight is 467 g/mol. The number of aromatic nitrogens is 1. The molecule has 0 atom stereocenters. The predicted octanol–water partition coefficient (Wildman–Crippen LogP) is 4.43. The molecular formula is C25H30N4O3S. The van der Waals surface area contributed by atoms with Crippen LogP contribution in [0.5, 0.6) is 0 Å². The van der Waals surface area contributed by atoms with Gasteiger partial charge >= 0.3 is 0 Å². The van der Waals surface area contributed by atoms with Gasteiger partial charge < -0.3 is 10.2 Å². The number of rotatable bonds is 7. The molecule has 1 fully saturated rings. The number of anilines is 2. The topological polar surface area (TPSA) is 82.6 Å². The van der Waals surface area contributed by atoms with Crippen molar-refractivity contribution in [1.29, 1.82) is 0 Å². The van der Waals surface area contributed by atoms with Gasteiger partial charge in [-0.05, 0) is 61.7 Å². The quantitative estimate of drug-likeness (QED) is 0.557. The molecular weight excluding hydrogens is 436 g/mol. The fourth-order valence-electron chi connectivity index (χ4n) is 4.42. The van der Waals surface area contributed by atoms with Crippen molar-refractivity contribution in [3.8, 4) is 0 Å². The fourth-order valence-corrected chi connectivity index (χ4v) is 5.90. The van der Waals surface area contributed by atoms with Crippen molar-refractivity contribution < 1.29 is 13.2 Å². The molecule has 0 bridgehead atoms. The number of benzene rings is 2. The molecule has 1 aliphatic heterocycles. The zero-order valence-electron chi connectivity index (χ0n) is 19.3. The van der Waals surface area contributed by atoms with E-state index in [2.05, 4.69) is 15.2 Å². The summed E-state index contributed by atoms with van der Waals surface area (Å²) in [5.74, 6) is -0.331. The highest BCUT2D eigenvalue weighted by atomic mass is 32.2. The Hall–Kier alpha value is -2.97. The van der Waals surface area contributed by atoms with E-state index in [-0.39, 0.29) is 10.8 Å². The molecule has 2 aromatic carbocycles. The molecule has 1 saturated heterocycles. The highest BCUT2D eigenvalue weighted by molar-refractivity contribution is 7.89. The number of sulfonamides is 1. The van der Waals surface area contributed by atoms with Crippen LogP contribution in [-0.4, -0.2) is 49.8 Å². The molecule has 0 radical (unpaired) electrons. The molecule has 0 saturated carbocycles. The molecule has 174 valence electrons. The van der Waals surface area contributed by atoms with Crippen LogP contribution in [0, 0.1) is 6.92 Å². The smallest absolute Gasteiger partial charge is 0.257 e. The minimum atomic E-state index is -3.69. The first-order valence-electron chi connectivity index (χ1n) is 11.4. The summed E-state index contributed by atoms with van der Waals surface area (Å²) in [6, 6.07) is 12.5. The number of amides is 1. The van der Waals surface area contributed by atoms with Crippen LogP contribution in [0.25, 0.3) is 10.9 Å². The van der Waals surface area contributed by atoms with Crippen molar-refractivity contribution in [2.24, 2.45) is 0 Å². The van der Waals surface area contributed by atoms with Crippen LogP contribution in [0.4, 0.5) is 11.4 Å². The number of aryl methyl sites for hydroxylation is 1. The lowest BCUT2D eigenvalue weighted by molar-refractivity contribution is 0.102. The first kappa shape index (κ1) is 23.2. The summed E-state index contributed by atoms with van der Waals surface area (Å²) in [4.78, 5) is 20.3. The van der Waals surface area contributed by atoms with Gasteiger partial charge in [0.15, 0.2) is 0 Å². The third kappa shape index (κ3) is 4.45. The van der Waals surface area contributed by atoms with Crippen molar-refractivity contribution in [3.63, 3.8) is 0 Å². The largest absolute Gasteiger partial charge is 0.371 e. The van der Waals surface area contributed by atoms with E-state index in [9.17, 15) is 13.2 Å². The van der Waals surface area contributed by atoms with Crippen LogP contribution in [0.2, 0.25) is 0 Å². The summed E-state index contributed by atoms with van der Waals surface area (Å²) >= 11 is 0. The highest BCUT2D eigenvalue weighted by Crippen LogP contribution is 2.31. The van der Waals surface area contributed by atoms with Crippen molar-refractivity contribution in [2.45, 2.75) is 38.5 Å². The van der Waals surface area contributed by atoms with Gasteiger partial charge in [0, 0.05) is 43.4 Å². The first-order chi connectivity index (χ1) is 15.9. The fraction of sp³-hybridized carbons (Fsp3) is 0.360. The molecule has 2 heterocycles. The van der Waals surface area contributed by atoms with Gasteiger partial charge in [0.2, 0.25) is 10.0 Å². The standard InChI is InChI=1S/C25H30N4O3S/c1-4-29(5-2)33(31,32)19-11-13-23(28-15-6-7-16-28)21(17-19)25(30)27-22-12-10-18(3)24-20(22)9-8-14-26-24/h8-14,17H,4-7,15-16H2,1-3H3,(H,27,30). The van der Waals surface area contributed by atoms with Gasteiger partial charge in [-0.3, -0.25) is 9.78 Å². The van der Waals surface area contributed by atoms with E-state index in [1.807, 2.05) is 45.0 Å². The Kier molecular flexibility index (Phi) is 6.67. The molecule has 0 unspecified atom stereocenters. The Morgan fingerprint density at radius 2 is 1.82 bits per heavy atom. The van der Waals surface area contributed by atoms with E-state index in [0.717, 1.165) is 48.1 Å². The average Bonchev–Trinajstić information content (AvgIpc) is 3.36. The summed E-state index contributed by atoms with van der Waals surface area (Å²) in [6.07, 6.45) is 3.83. The minimum Gasteiger partial charge on any atom is -0.371 e. The number of fused-ring (bicyclic) bond motifs is 1. The number of carbonyl (C=O) groups excluding carboxylic acids is 1. The third-order valence-corrected chi connectivity index (χ3v) is 8.27. The highest BCUT2D eigenvalue weighted by Gasteiger charge is 2.26. The molecule has 0 spiro atoms. The van der Waals surface area contributed by atoms with Crippen LogP contribution in [-0.2, 0) is 10.0 Å². The molecule has 1 aliphatic rings. The predicted molar refractivity (Wildman–Crippen MR) is 132 cm³/mol. The number of pyridine rings is 1. The number of hydrogen-bond donors (Lipinski definition) is 1. The Morgan fingerprint density at radius 1 is 1.09 bits per heavy atom. The van der Waals surface area contributed by atoms with E-state index >= 15 is 0 Å². The SMILES string of the molecule is CCN(CC)S(=O)(=O)c1ccc(N2CCCC2)c(C(=O)Nc2ccc(C)c3ncccc23)c1. The maximum absolute atomic E-state index is 13.5. The van der Waals surface area contributed by atoms with E-state index < -0.39 is 10.0 Å². The van der Waals surface area contributed by atoms with Gasteiger partial charge in [0.25, 0.3) is 5.91 Å². The molecule has 1 N–H and O–H groups in total. The Morgan fingerprint density at radius 3 is 2.52 bits per heavy atom. The minimum absolute atomic E-state index is 0.134. The van der Waals surface area contributed by atoms with Crippen molar-refractivity contribution in [3.05, 3.63) is 59.8 Å². The molecule has 8 heteroatoms. The number of nitrogens with zero attached hydrogens (tertiary/aromatic N) is 3. The monoisotopic (exact) mass is 466 g/mol. The number of carbonyl (C=O) groups is 1. The second-order valence-corrected chi connectivity index (χ2v) is 10.2. The first-order valence-corrected chi connectivity index (χ1v) is 12.9. The lowest BCUT2D eigenvalue weighted by atomic mass is 10.1. The zero-order chi connectivity index (χ0) is 23.6. The summed E-state index contributed by atoms with van der Waals surface area (Å²) in [6.45, 7) is 8.04. The lowest BCUT2D eigenvalue weighted by Crippen LogP contribution is -2.31. The Balaban J connectivity index is 1.78. The van der Waals surface area contributed by atoms with Gasteiger partial charge in [-0.25, -0.2) is 8.42 Å². The normalized spacial score (nSPS) is 14.2. The second-order valence-electron chi connectivity index (χ2n) is 8.25. The molecule has 1 amide bonds. The number of hydrogen-bond acceptors (Lipinski definition) is 5. The molecule has 33 heavy (non-hydrogen) atoms. The van der Waals surface area contributed by atoms with E-state index in [1.54, 1.807) is 18.3 Å². The van der Waals surface area contributed by atoms with Crippen molar-refractivity contribution in [2.75, 3.05) is 36.4 Å². The second kappa shape index (κ2) is 9.49. The maximum Gasteiger partial charge on any atom is 0.257 e. The summed E-state index contributed by atoms with van der Waals surface area (Å²) in [5, 5.41) is 3.86. The van der Waals surface area contributed by atoms with Gasteiger partial charge in [0.05, 0.1) is 21.7 Å². The molecule has 4 rings (SSSR count). The van der Waals surface area contributed by atoms with Gasteiger partial charge in [-0.2, -0.15) is 4.31 Å².